The van der Waals surface area contributed by atoms with E-state index < -0.39 is 5.60 Å². The van der Waals surface area contributed by atoms with Gasteiger partial charge in [-0.15, -0.1) is 0 Å². The van der Waals surface area contributed by atoms with Crippen LogP contribution < -0.4 is 4.90 Å². The van der Waals surface area contributed by atoms with E-state index in [0.29, 0.717) is 11.6 Å². The van der Waals surface area contributed by atoms with E-state index in [1.165, 1.54) is 0 Å². The molecule has 1 aliphatic rings. The molecule has 1 aliphatic heterocycles. The quantitative estimate of drug-likeness (QED) is 0.633. The smallest absolute Gasteiger partial charge is 0.168 e. The van der Waals surface area contributed by atoms with E-state index in [1.807, 2.05) is 16.6 Å². The number of aliphatic hydroxyl groups is 1. The Morgan fingerprint density at radius 1 is 1.23 bits per heavy atom. The molecule has 0 unspecified atom stereocenters. The van der Waals surface area contributed by atoms with Gasteiger partial charge in [0.15, 0.2) is 11.4 Å². The van der Waals surface area contributed by atoms with Crippen molar-refractivity contribution in [1.29, 1.82) is 0 Å². The molecule has 158 valence electrons. The lowest BCUT2D eigenvalue weighted by Crippen LogP contribution is -2.32. The van der Waals surface area contributed by atoms with Crippen molar-refractivity contribution in [2.45, 2.75) is 38.3 Å². The Balaban J connectivity index is 1.58. The molecular formula is C23H29N5O2. The van der Waals surface area contributed by atoms with Gasteiger partial charge in [-0.05, 0) is 39.9 Å². The van der Waals surface area contributed by atoms with Crippen molar-refractivity contribution in [3.63, 3.8) is 0 Å². The molecule has 7 nitrogen and oxygen atoms in total. The van der Waals surface area contributed by atoms with E-state index in [0.717, 1.165) is 42.2 Å². The molecular weight excluding hydrogens is 378 g/mol. The zero-order chi connectivity index (χ0) is 21.5. The van der Waals surface area contributed by atoms with Gasteiger partial charge in [-0.25, -0.2) is 4.98 Å². The predicted molar refractivity (Wildman–Crippen MR) is 117 cm³/mol. The molecule has 30 heavy (non-hydrogen) atoms. The van der Waals surface area contributed by atoms with Gasteiger partial charge < -0.3 is 14.9 Å². The first-order valence-corrected chi connectivity index (χ1v) is 10.3. The molecule has 0 spiro atoms. The Morgan fingerprint density at radius 2 is 1.97 bits per heavy atom. The van der Waals surface area contributed by atoms with Crippen LogP contribution in [0.3, 0.4) is 0 Å². The number of fused-ring (bicyclic) bond motifs is 1. The lowest BCUT2D eigenvalue weighted by molar-refractivity contribution is 0.0784. The highest BCUT2D eigenvalue weighted by molar-refractivity contribution is 5.97. The van der Waals surface area contributed by atoms with E-state index in [1.54, 1.807) is 44.3 Å². The highest BCUT2D eigenvalue weighted by atomic mass is 16.3. The SMILES string of the molecule is CN(C)[C@@H]1CCN(c2cc(CC(=O)c3ccc(C(C)(C)O)cc3)nc3ccnn23)C1. The molecule has 3 heterocycles. The van der Waals surface area contributed by atoms with Crippen molar-refractivity contribution >= 4 is 17.2 Å². The van der Waals surface area contributed by atoms with Crippen molar-refractivity contribution < 1.29 is 9.90 Å². The van der Waals surface area contributed by atoms with Gasteiger partial charge in [0.05, 0.1) is 23.9 Å². The fraction of sp³-hybridized carbons (Fsp3) is 0.435. The third kappa shape index (κ3) is 4.08. The van der Waals surface area contributed by atoms with Gasteiger partial charge in [0.2, 0.25) is 0 Å². The number of likely N-dealkylation sites (N-methyl/N-ethyl adjacent to an activating group) is 1. The number of anilines is 1. The topological polar surface area (TPSA) is 74.0 Å². The first-order valence-electron chi connectivity index (χ1n) is 10.3. The molecule has 1 saturated heterocycles. The van der Waals surface area contributed by atoms with Gasteiger partial charge >= 0.3 is 0 Å². The van der Waals surface area contributed by atoms with Crippen molar-refractivity contribution in [1.82, 2.24) is 19.5 Å². The number of Topliss-reactive ketones (excluding diaryl/α,β-unsaturated/α-hetero) is 1. The highest BCUT2D eigenvalue weighted by Gasteiger charge is 2.26. The minimum atomic E-state index is -0.925. The Bertz CT molecular complexity index is 1050. The fourth-order valence-corrected chi connectivity index (χ4v) is 3.96. The number of benzene rings is 1. The average molecular weight is 408 g/mol. The summed E-state index contributed by atoms with van der Waals surface area (Å²) in [5.41, 5.74) is 1.97. The first-order chi connectivity index (χ1) is 14.2. The van der Waals surface area contributed by atoms with Crippen LogP contribution in [0, 0.1) is 0 Å². The summed E-state index contributed by atoms with van der Waals surface area (Å²) in [6.45, 7) is 5.34. The van der Waals surface area contributed by atoms with E-state index in [2.05, 4.69) is 34.0 Å². The number of aromatic nitrogens is 3. The lowest BCUT2D eigenvalue weighted by atomic mass is 9.96. The van der Waals surface area contributed by atoms with Crippen LogP contribution in [-0.2, 0) is 12.0 Å². The van der Waals surface area contributed by atoms with Gasteiger partial charge in [-0.1, -0.05) is 24.3 Å². The largest absolute Gasteiger partial charge is 0.386 e. The average Bonchev–Trinajstić information content (AvgIpc) is 3.36. The highest BCUT2D eigenvalue weighted by Crippen LogP contribution is 2.25. The summed E-state index contributed by atoms with van der Waals surface area (Å²) in [7, 11) is 4.22. The molecule has 0 radical (unpaired) electrons. The molecule has 0 bridgehead atoms. The number of carbonyl (C=O) groups is 1. The number of nitrogens with zero attached hydrogens (tertiary/aromatic N) is 5. The second kappa shape index (κ2) is 7.81. The second-order valence-electron chi connectivity index (χ2n) is 8.80. The summed E-state index contributed by atoms with van der Waals surface area (Å²) in [5, 5.41) is 14.5. The number of hydrogen-bond acceptors (Lipinski definition) is 6. The summed E-state index contributed by atoms with van der Waals surface area (Å²) in [6.07, 6.45) is 3.06. The van der Waals surface area contributed by atoms with Gasteiger partial charge in [-0.3, -0.25) is 4.79 Å². The zero-order valence-corrected chi connectivity index (χ0v) is 18.0. The monoisotopic (exact) mass is 407 g/mol. The summed E-state index contributed by atoms with van der Waals surface area (Å²) < 4.78 is 1.85. The molecule has 1 N–H and O–H groups in total. The van der Waals surface area contributed by atoms with Crippen LogP contribution in [0.1, 0.15) is 41.9 Å². The standard InChI is InChI=1S/C23H29N5O2/c1-23(2,30)17-7-5-16(6-8-17)20(29)13-18-14-22(28-21(25-18)9-11-24-28)27-12-10-19(15-27)26(3)4/h5-9,11,14,19,30H,10,12-13,15H2,1-4H3/t19-/m1/s1. The molecule has 0 saturated carbocycles. The molecule has 1 fully saturated rings. The molecule has 4 rings (SSSR count). The van der Waals surface area contributed by atoms with E-state index in [4.69, 9.17) is 0 Å². The van der Waals surface area contributed by atoms with Gasteiger partial charge in [0.25, 0.3) is 0 Å². The Hall–Kier alpha value is -2.77. The predicted octanol–water partition coefficient (Wildman–Crippen LogP) is 2.52. The molecule has 0 amide bonds. The maximum absolute atomic E-state index is 12.9. The van der Waals surface area contributed by atoms with Crippen LogP contribution in [0.2, 0.25) is 0 Å². The fourth-order valence-electron chi connectivity index (χ4n) is 3.96. The number of rotatable bonds is 6. The summed E-state index contributed by atoms with van der Waals surface area (Å²) in [4.78, 5) is 22.1. The van der Waals surface area contributed by atoms with Crippen molar-refractivity contribution in [3.05, 3.63) is 59.4 Å². The maximum Gasteiger partial charge on any atom is 0.168 e. The third-order valence-electron chi connectivity index (χ3n) is 5.87. The van der Waals surface area contributed by atoms with E-state index in [-0.39, 0.29) is 12.2 Å². The Kier molecular flexibility index (Phi) is 5.34. The third-order valence-corrected chi connectivity index (χ3v) is 5.87. The number of ketones is 1. The van der Waals surface area contributed by atoms with Crippen molar-refractivity contribution in [2.75, 3.05) is 32.1 Å². The number of hydrogen-bond donors (Lipinski definition) is 1. The summed E-state index contributed by atoms with van der Waals surface area (Å²) in [5.74, 6) is 0.988. The molecule has 3 aromatic rings. The van der Waals surface area contributed by atoms with Crippen molar-refractivity contribution in [2.24, 2.45) is 0 Å². The van der Waals surface area contributed by atoms with Crippen LogP contribution in [0.25, 0.3) is 5.65 Å². The summed E-state index contributed by atoms with van der Waals surface area (Å²) in [6, 6.07) is 11.5. The van der Waals surface area contributed by atoms with Crippen LogP contribution in [0.5, 0.6) is 0 Å². The van der Waals surface area contributed by atoms with Crippen LogP contribution in [-0.4, -0.2) is 63.6 Å². The van der Waals surface area contributed by atoms with Crippen molar-refractivity contribution in [3.8, 4) is 0 Å². The molecule has 1 aromatic carbocycles. The number of carbonyl (C=O) groups excluding carboxylic acids is 1. The van der Waals surface area contributed by atoms with Gasteiger partial charge in [-0.2, -0.15) is 9.61 Å². The van der Waals surface area contributed by atoms with Gasteiger partial charge in [0, 0.05) is 36.8 Å². The lowest BCUT2D eigenvalue weighted by Gasteiger charge is -2.22. The van der Waals surface area contributed by atoms with Gasteiger partial charge in [0.1, 0.15) is 5.82 Å². The normalized spacial score (nSPS) is 17.3. The summed E-state index contributed by atoms with van der Waals surface area (Å²) >= 11 is 0. The first kappa shape index (κ1) is 20.5. The Morgan fingerprint density at radius 3 is 2.60 bits per heavy atom. The molecule has 0 aliphatic carbocycles. The van der Waals surface area contributed by atoms with E-state index >= 15 is 0 Å². The second-order valence-corrected chi connectivity index (χ2v) is 8.80. The van der Waals surface area contributed by atoms with E-state index in [9.17, 15) is 9.90 Å². The zero-order valence-electron chi connectivity index (χ0n) is 18.0. The minimum absolute atomic E-state index is 0.00667. The molecule has 1 atom stereocenters. The van der Waals surface area contributed by atoms with Crippen LogP contribution >= 0.6 is 0 Å². The maximum atomic E-state index is 12.9. The van der Waals surface area contributed by atoms with Crippen LogP contribution in [0.4, 0.5) is 5.82 Å². The Labute approximate surface area is 176 Å². The van der Waals surface area contributed by atoms with Crippen LogP contribution in [0.15, 0.2) is 42.6 Å². The molecule has 2 aromatic heterocycles. The minimum Gasteiger partial charge on any atom is -0.386 e. The molecule has 7 heteroatoms.